The Bertz CT molecular complexity index is 1360. The maximum absolute atomic E-state index is 14.5. The molecular formula is C20H17ClF4N5O3S+. The predicted octanol–water partition coefficient (Wildman–Crippen LogP) is 3.88. The highest BCUT2D eigenvalue weighted by Crippen LogP contribution is 2.42. The Kier molecular flexibility index (Phi) is 5.93. The van der Waals surface area contributed by atoms with E-state index in [0.29, 0.717) is 6.07 Å². The molecule has 4 heterocycles. The minimum Gasteiger partial charge on any atom is -0.381 e. The lowest BCUT2D eigenvalue weighted by Gasteiger charge is -2.24. The standard InChI is InChI=1S/C20H17ClF4N5O3S/c1-19(18-14(3-12(21)7-27-18)17-15(23)4-13(22)8-26-17)5-16(29-33-19)30-9-11(20(24,25)10-30)6-28-34(2,31)32/h3-4,7-8,11H,5,9-10H2,1-2H3/q+1. The average Bonchev–Trinajstić information content (AvgIpc) is 3.26. The number of halogens is 5. The number of alkyl halides is 2. The molecule has 2 atom stereocenters. The summed E-state index contributed by atoms with van der Waals surface area (Å²) in [5.41, 5.74) is -1.23. The van der Waals surface area contributed by atoms with E-state index in [1.165, 1.54) is 17.2 Å². The summed E-state index contributed by atoms with van der Waals surface area (Å²) in [7, 11) is -3.87. The lowest BCUT2D eigenvalue weighted by molar-refractivity contribution is -0.0103. The van der Waals surface area contributed by atoms with Gasteiger partial charge in [-0.1, -0.05) is 16.8 Å². The summed E-state index contributed by atoms with van der Waals surface area (Å²) >= 11 is 6.04. The van der Waals surface area contributed by atoms with Crippen LogP contribution in [0.15, 0.2) is 29.7 Å². The fraction of sp³-hybridized carbons (Fsp3) is 0.400. The van der Waals surface area contributed by atoms with Gasteiger partial charge in [0.15, 0.2) is 17.3 Å². The van der Waals surface area contributed by atoms with E-state index in [1.807, 2.05) is 6.07 Å². The van der Waals surface area contributed by atoms with Crippen molar-refractivity contribution in [1.29, 1.82) is 0 Å². The summed E-state index contributed by atoms with van der Waals surface area (Å²) in [6.07, 6.45) is 2.89. The number of hydrogen-bond acceptors (Lipinski definition) is 7. The molecule has 2 aliphatic rings. The molecule has 2 unspecified atom stereocenters. The van der Waals surface area contributed by atoms with Gasteiger partial charge in [-0.25, -0.2) is 17.6 Å². The highest BCUT2D eigenvalue weighted by atomic mass is 35.5. The van der Waals surface area contributed by atoms with E-state index in [4.69, 9.17) is 16.4 Å². The predicted molar refractivity (Wildman–Crippen MR) is 115 cm³/mol. The summed E-state index contributed by atoms with van der Waals surface area (Å²) < 4.78 is 82.2. The van der Waals surface area contributed by atoms with Crippen molar-refractivity contribution in [3.05, 3.63) is 51.1 Å². The van der Waals surface area contributed by atoms with Gasteiger partial charge in [-0.3, -0.25) is 9.97 Å². The van der Waals surface area contributed by atoms with Gasteiger partial charge in [-0.2, -0.15) is 0 Å². The topological polar surface area (TPSA) is 89.1 Å². The molecule has 0 radical (unpaired) electrons. The van der Waals surface area contributed by atoms with E-state index in [0.717, 1.165) is 12.5 Å². The van der Waals surface area contributed by atoms with Crippen LogP contribution in [0.1, 0.15) is 19.0 Å². The minimum absolute atomic E-state index is 0.0243. The van der Waals surface area contributed by atoms with Gasteiger partial charge in [0.05, 0.1) is 34.1 Å². The Balaban J connectivity index is 1.62. The highest BCUT2D eigenvalue weighted by Gasteiger charge is 2.54. The molecule has 8 nitrogen and oxygen atoms in total. The van der Waals surface area contributed by atoms with Gasteiger partial charge >= 0.3 is 16.1 Å². The van der Waals surface area contributed by atoms with Crippen LogP contribution < -0.4 is 0 Å². The van der Waals surface area contributed by atoms with Crippen molar-refractivity contribution in [1.82, 2.24) is 14.9 Å². The lowest BCUT2D eigenvalue weighted by Crippen LogP contribution is -2.33. The molecule has 14 heteroatoms. The smallest absolute Gasteiger partial charge is 0.381 e. The monoisotopic (exact) mass is 518 g/mol. The lowest BCUT2D eigenvalue weighted by atomic mass is 9.91. The summed E-state index contributed by atoms with van der Waals surface area (Å²) in [5, 5.41) is 4.10. The Hall–Kier alpha value is -2.98. The zero-order valence-corrected chi connectivity index (χ0v) is 19.3. The van der Waals surface area contributed by atoms with Gasteiger partial charge in [0, 0.05) is 24.4 Å². The molecular weight excluding hydrogens is 502 g/mol. The van der Waals surface area contributed by atoms with E-state index in [9.17, 15) is 26.0 Å². The molecule has 2 aliphatic heterocycles. The Labute approximate surface area is 197 Å². The van der Waals surface area contributed by atoms with Crippen LogP contribution in [0, 0.1) is 23.6 Å². The van der Waals surface area contributed by atoms with Crippen LogP contribution in [-0.4, -0.2) is 54.4 Å². The molecule has 34 heavy (non-hydrogen) atoms. The van der Waals surface area contributed by atoms with Crippen LogP contribution >= 0.6 is 11.6 Å². The van der Waals surface area contributed by atoms with E-state index in [1.54, 1.807) is 6.92 Å². The van der Waals surface area contributed by atoms with E-state index in [2.05, 4.69) is 19.4 Å². The van der Waals surface area contributed by atoms with Crippen molar-refractivity contribution in [2.75, 3.05) is 19.3 Å². The van der Waals surface area contributed by atoms with Crippen LogP contribution in [0.25, 0.3) is 15.5 Å². The fourth-order valence-electron chi connectivity index (χ4n) is 3.74. The van der Waals surface area contributed by atoms with Crippen LogP contribution in [0.3, 0.4) is 0 Å². The normalized spacial score (nSPS) is 23.8. The largest absolute Gasteiger partial charge is 0.476 e. The number of rotatable bonds is 2. The highest BCUT2D eigenvalue weighted by molar-refractivity contribution is 7.92. The van der Waals surface area contributed by atoms with Crippen molar-refractivity contribution in [2.45, 2.75) is 24.9 Å². The number of sulfonamides is 1. The van der Waals surface area contributed by atoms with Crippen LogP contribution in [0.5, 0.6) is 0 Å². The molecule has 0 aromatic carbocycles. The molecule has 0 N–H and O–H groups in total. The number of oxime groups is 1. The van der Waals surface area contributed by atoms with Crippen molar-refractivity contribution in [3.63, 3.8) is 0 Å². The maximum atomic E-state index is 14.5. The summed E-state index contributed by atoms with van der Waals surface area (Å²) in [5.74, 6) is -6.54. The van der Waals surface area contributed by atoms with Gasteiger partial charge in [0.1, 0.15) is 23.6 Å². The van der Waals surface area contributed by atoms with E-state index >= 15 is 0 Å². The Morgan fingerprint density at radius 3 is 2.68 bits per heavy atom. The van der Waals surface area contributed by atoms with Crippen LogP contribution in [0.2, 0.25) is 5.02 Å². The number of nitrogens with zero attached hydrogens (tertiary/aromatic N) is 5. The van der Waals surface area contributed by atoms with Gasteiger partial charge < -0.3 is 9.74 Å². The molecule has 2 aromatic heterocycles. The zero-order chi connectivity index (χ0) is 24.9. The zero-order valence-electron chi connectivity index (χ0n) is 17.8. The third-order valence-corrected chi connectivity index (χ3v) is 5.96. The number of aromatic nitrogens is 2. The van der Waals surface area contributed by atoms with E-state index < -0.39 is 45.6 Å². The van der Waals surface area contributed by atoms with Crippen molar-refractivity contribution in [3.8, 4) is 17.3 Å². The molecule has 0 amide bonds. The third-order valence-electron chi connectivity index (χ3n) is 5.32. The molecule has 0 spiro atoms. The van der Waals surface area contributed by atoms with Gasteiger partial charge in [-0.15, -0.1) is 8.42 Å². The van der Waals surface area contributed by atoms with Gasteiger partial charge in [-0.05, 0) is 13.0 Å². The van der Waals surface area contributed by atoms with E-state index in [-0.39, 0.29) is 40.8 Å². The molecule has 1 saturated heterocycles. The maximum Gasteiger partial charge on any atom is 0.476 e. The third kappa shape index (κ3) is 4.78. The van der Waals surface area contributed by atoms with Gasteiger partial charge in [0.25, 0.3) is 5.92 Å². The molecule has 1 fully saturated rings. The first-order chi connectivity index (χ1) is 15.8. The number of likely N-dealkylation sites (tertiary alicyclic amines) is 1. The Morgan fingerprint density at radius 1 is 1.26 bits per heavy atom. The van der Waals surface area contributed by atoms with Crippen molar-refractivity contribution in [2.24, 2.45) is 11.1 Å². The molecule has 0 bridgehead atoms. The SMILES string of the molecule is CC1(c2ncc(Cl)cc2-c2ncc(F)cc2F)CC(N2CC(C#[N+]S(C)(=O)=O)C(F)(F)C2)=NO1. The summed E-state index contributed by atoms with van der Waals surface area (Å²) in [6, 6.07) is 4.05. The fourth-order valence-corrected chi connectivity index (χ4v) is 4.22. The second-order valence-corrected chi connectivity index (χ2v) is 10.3. The second-order valence-electron chi connectivity index (χ2n) is 8.19. The number of pyridine rings is 2. The van der Waals surface area contributed by atoms with Crippen LogP contribution in [-0.2, 0) is 20.5 Å². The minimum atomic E-state index is -3.87. The number of hydrogen-bond donors (Lipinski definition) is 0. The molecule has 0 aliphatic carbocycles. The molecule has 2 aromatic rings. The second kappa shape index (κ2) is 8.35. The van der Waals surface area contributed by atoms with Gasteiger partial charge in [0.2, 0.25) is 0 Å². The first kappa shape index (κ1) is 24.2. The van der Waals surface area contributed by atoms with Crippen molar-refractivity contribution >= 4 is 27.5 Å². The Morgan fingerprint density at radius 2 is 2.00 bits per heavy atom. The molecule has 4 rings (SSSR count). The summed E-state index contributed by atoms with van der Waals surface area (Å²) in [6.45, 7) is 0.532. The molecule has 180 valence electrons. The number of amidine groups is 1. The first-order valence-electron chi connectivity index (χ1n) is 9.80. The molecule has 0 saturated carbocycles. The van der Waals surface area contributed by atoms with Crippen molar-refractivity contribution < 1.29 is 30.8 Å². The summed E-state index contributed by atoms with van der Waals surface area (Å²) in [4.78, 5) is 14.9. The average molecular weight is 519 g/mol. The quantitative estimate of drug-likeness (QED) is 0.561. The first-order valence-corrected chi connectivity index (χ1v) is 12.0. The van der Waals surface area contributed by atoms with Crippen LogP contribution in [0.4, 0.5) is 17.6 Å².